The van der Waals surface area contributed by atoms with Gasteiger partial charge in [0.05, 0.1) is 0 Å². The molecule has 3 nitrogen and oxygen atoms in total. The average Bonchev–Trinajstić information content (AvgIpc) is 2.17. The Hall–Kier alpha value is -0.570. The zero-order valence-corrected chi connectivity index (χ0v) is 11.5. The van der Waals surface area contributed by atoms with Gasteiger partial charge >= 0.3 is 0 Å². The second-order valence-electron chi connectivity index (χ2n) is 5.28. The second-order valence-corrected chi connectivity index (χ2v) is 5.28. The molecule has 0 bridgehead atoms. The summed E-state index contributed by atoms with van der Waals surface area (Å²) in [5.41, 5.74) is 5.47. The molecule has 0 aromatic heterocycles. The fourth-order valence-electron chi connectivity index (χ4n) is 1.77. The zero-order chi connectivity index (χ0) is 12.8. The highest BCUT2D eigenvalue weighted by Crippen LogP contribution is 2.13. The smallest absolute Gasteiger partial charge is 0.224 e. The largest absolute Gasteiger partial charge is 0.343 e. The summed E-state index contributed by atoms with van der Waals surface area (Å²) in [7, 11) is 0. The third-order valence-corrected chi connectivity index (χ3v) is 2.97. The van der Waals surface area contributed by atoms with Gasteiger partial charge in [-0.05, 0) is 26.7 Å². The first-order chi connectivity index (χ1) is 7.34. The second kappa shape index (κ2) is 6.89. The number of rotatable bonds is 7. The lowest BCUT2D eigenvalue weighted by Gasteiger charge is -2.28. The zero-order valence-electron chi connectivity index (χ0n) is 11.5. The topological polar surface area (TPSA) is 46.3 Å². The highest BCUT2D eigenvalue weighted by molar-refractivity contribution is 5.77. The molecule has 0 aromatic rings. The van der Waals surface area contributed by atoms with Crippen LogP contribution in [0.5, 0.6) is 0 Å². The molecule has 0 rings (SSSR count). The maximum Gasteiger partial charge on any atom is 0.224 e. The van der Waals surface area contributed by atoms with E-state index in [1.54, 1.807) is 0 Å². The minimum atomic E-state index is -0.404. The van der Waals surface area contributed by atoms with Gasteiger partial charge in [0.15, 0.2) is 0 Å². The van der Waals surface area contributed by atoms with Crippen LogP contribution in [0.15, 0.2) is 0 Å². The molecule has 0 saturated carbocycles. The van der Waals surface area contributed by atoms with Gasteiger partial charge in [-0.2, -0.15) is 0 Å². The van der Waals surface area contributed by atoms with E-state index in [4.69, 9.17) is 5.73 Å². The molecular weight excluding hydrogens is 200 g/mol. The van der Waals surface area contributed by atoms with Gasteiger partial charge in [0, 0.05) is 25.0 Å². The molecular formula is C13H28N2O. The first-order valence-corrected chi connectivity index (χ1v) is 6.40. The maximum atomic E-state index is 12.0. The summed E-state index contributed by atoms with van der Waals surface area (Å²) in [6.45, 7) is 11.8. The molecule has 0 radical (unpaired) electrons. The van der Waals surface area contributed by atoms with E-state index in [0.717, 1.165) is 25.9 Å². The van der Waals surface area contributed by atoms with Crippen molar-refractivity contribution >= 4 is 5.91 Å². The molecule has 96 valence electrons. The van der Waals surface area contributed by atoms with E-state index in [-0.39, 0.29) is 5.91 Å². The fourth-order valence-corrected chi connectivity index (χ4v) is 1.77. The molecule has 0 fully saturated rings. The van der Waals surface area contributed by atoms with Gasteiger partial charge in [-0.1, -0.05) is 26.7 Å². The lowest BCUT2D eigenvalue weighted by Crippen LogP contribution is -2.42. The van der Waals surface area contributed by atoms with Crippen LogP contribution in [-0.2, 0) is 4.79 Å². The number of carbonyl (C=O) groups excluding carboxylic acids is 1. The van der Waals surface area contributed by atoms with Crippen molar-refractivity contribution in [1.29, 1.82) is 0 Å². The molecule has 1 amide bonds. The van der Waals surface area contributed by atoms with E-state index in [0.29, 0.717) is 12.3 Å². The van der Waals surface area contributed by atoms with Gasteiger partial charge in [-0.25, -0.2) is 0 Å². The molecule has 0 aliphatic heterocycles. The Morgan fingerprint density at radius 2 is 1.75 bits per heavy atom. The van der Waals surface area contributed by atoms with Crippen molar-refractivity contribution in [3.05, 3.63) is 0 Å². The van der Waals surface area contributed by atoms with Crippen LogP contribution in [-0.4, -0.2) is 29.4 Å². The lowest BCUT2D eigenvalue weighted by atomic mass is 9.99. The van der Waals surface area contributed by atoms with Crippen LogP contribution < -0.4 is 5.73 Å². The van der Waals surface area contributed by atoms with Gasteiger partial charge in [0.2, 0.25) is 5.91 Å². The number of hydrogen-bond acceptors (Lipinski definition) is 2. The van der Waals surface area contributed by atoms with Crippen molar-refractivity contribution in [3.63, 3.8) is 0 Å². The van der Waals surface area contributed by atoms with Gasteiger partial charge in [-0.3, -0.25) is 4.79 Å². The minimum absolute atomic E-state index is 0.182. The Kier molecular flexibility index (Phi) is 6.65. The van der Waals surface area contributed by atoms with Crippen LogP contribution >= 0.6 is 0 Å². The van der Waals surface area contributed by atoms with E-state index >= 15 is 0 Å². The molecule has 0 unspecified atom stereocenters. The molecule has 0 aliphatic rings. The number of amides is 1. The standard InChI is InChI=1S/C13H28N2O/c1-6-11(7-2)10-15(8-3)12(16)9-13(4,5)14/h11H,6-10,14H2,1-5H3. The Morgan fingerprint density at radius 1 is 1.25 bits per heavy atom. The van der Waals surface area contributed by atoms with Crippen molar-refractivity contribution < 1.29 is 4.79 Å². The van der Waals surface area contributed by atoms with Crippen molar-refractivity contribution in [2.75, 3.05) is 13.1 Å². The highest BCUT2D eigenvalue weighted by atomic mass is 16.2. The van der Waals surface area contributed by atoms with Crippen LogP contribution in [0.25, 0.3) is 0 Å². The minimum Gasteiger partial charge on any atom is -0.343 e. The van der Waals surface area contributed by atoms with Crippen LogP contribution in [0.4, 0.5) is 0 Å². The number of hydrogen-bond donors (Lipinski definition) is 1. The van der Waals surface area contributed by atoms with Gasteiger partial charge in [0.1, 0.15) is 0 Å². The molecule has 0 aromatic carbocycles. The maximum absolute atomic E-state index is 12.0. The summed E-state index contributed by atoms with van der Waals surface area (Å²) >= 11 is 0. The molecule has 3 heteroatoms. The number of nitrogens with zero attached hydrogens (tertiary/aromatic N) is 1. The Balaban J connectivity index is 4.32. The average molecular weight is 228 g/mol. The fraction of sp³-hybridized carbons (Fsp3) is 0.923. The van der Waals surface area contributed by atoms with E-state index in [1.165, 1.54) is 0 Å². The summed E-state index contributed by atoms with van der Waals surface area (Å²) in [6, 6.07) is 0. The Bertz CT molecular complexity index is 204. The molecule has 0 spiro atoms. The van der Waals surface area contributed by atoms with Gasteiger partial charge < -0.3 is 10.6 Å². The van der Waals surface area contributed by atoms with E-state index < -0.39 is 5.54 Å². The summed E-state index contributed by atoms with van der Waals surface area (Å²) in [5, 5.41) is 0. The first kappa shape index (κ1) is 15.4. The Morgan fingerprint density at radius 3 is 2.06 bits per heavy atom. The van der Waals surface area contributed by atoms with E-state index in [2.05, 4.69) is 13.8 Å². The summed E-state index contributed by atoms with van der Waals surface area (Å²) < 4.78 is 0. The molecule has 0 atom stereocenters. The molecule has 0 saturated heterocycles. The molecule has 0 aliphatic carbocycles. The summed E-state index contributed by atoms with van der Waals surface area (Å²) in [4.78, 5) is 13.9. The summed E-state index contributed by atoms with van der Waals surface area (Å²) in [5.74, 6) is 0.798. The van der Waals surface area contributed by atoms with Crippen molar-refractivity contribution in [2.24, 2.45) is 11.7 Å². The van der Waals surface area contributed by atoms with Crippen LogP contribution in [0.2, 0.25) is 0 Å². The molecule has 0 heterocycles. The SMILES string of the molecule is CCC(CC)CN(CC)C(=O)CC(C)(C)N. The molecule has 16 heavy (non-hydrogen) atoms. The van der Waals surface area contributed by atoms with E-state index in [9.17, 15) is 4.79 Å². The first-order valence-electron chi connectivity index (χ1n) is 6.40. The van der Waals surface area contributed by atoms with Crippen molar-refractivity contribution in [2.45, 2.75) is 59.4 Å². The van der Waals surface area contributed by atoms with Crippen molar-refractivity contribution in [1.82, 2.24) is 4.90 Å². The molecule has 2 N–H and O–H groups in total. The lowest BCUT2D eigenvalue weighted by molar-refractivity contribution is -0.132. The third kappa shape index (κ3) is 6.11. The van der Waals surface area contributed by atoms with Crippen LogP contribution in [0, 0.1) is 5.92 Å². The quantitative estimate of drug-likeness (QED) is 0.727. The predicted octanol–water partition coefficient (Wildman–Crippen LogP) is 2.40. The van der Waals surface area contributed by atoms with E-state index in [1.807, 2.05) is 25.7 Å². The third-order valence-electron chi connectivity index (χ3n) is 2.97. The highest BCUT2D eigenvalue weighted by Gasteiger charge is 2.21. The van der Waals surface area contributed by atoms with Crippen molar-refractivity contribution in [3.8, 4) is 0 Å². The monoisotopic (exact) mass is 228 g/mol. The predicted molar refractivity (Wildman–Crippen MR) is 69.2 cm³/mol. The van der Waals surface area contributed by atoms with Gasteiger partial charge in [-0.15, -0.1) is 0 Å². The number of carbonyl (C=O) groups is 1. The van der Waals surface area contributed by atoms with Crippen LogP contribution in [0.3, 0.4) is 0 Å². The summed E-state index contributed by atoms with van der Waals surface area (Å²) in [6.07, 6.45) is 2.69. The normalized spacial score (nSPS) is 11.9. The number of nitrogens with two attached hydrogens (primary N) is 1. The van der Waals surface area contributed by atoms with Crippen LogP contribution in [0.1, 0.15) is 53.9 Å². The Labute approximate surface area is 100 Å². The van der Waals surface area contributed by atoms with Gasteiger partial charge in [0.25, 0.3) is 0 Å².